The lowest BCUT2D eigenvalue weighted by Gasteiger charge is -2.12. The van der Waals surface area contributed by atoms with Crippen LogP contribution in [0.5, 0.6) is 0 Å². The minimum atomic E-state index is -0.236. The third-order valence-corrected chi connectivity index (χ3v) is 2.11. The molecule has 0 fully saturated rings. The Morgan fingerprint density at radius 3 is 1.00 bits per heavy atom. The van der Waals surface area contributed by atoms with Gasteiger partial charge in [0, 0.05) is 0 Å². The van der Waals surface area contributed by atoms with Crippen LogP contribution in [0.4, 0.5) is 0 Å². The van der Waals surface area contributed by atoms with E-state index in [0.717, 1.165) is 0 Å². The van der Waals surface area contributed by atoms with Crippen molar-refractivity contribution in [2.45, 2.75) is 0 Å². The molecule has 0 atom stereocenters. The zero-order valence-electron chi connectivity index (χ0n) is 8.07. The average molecular weight is 215 g/mol. The van der Waals surface area contributed by atoms with Crippen molar-refractivity contribution >= 4 is 7.12 Å². The molecule has 0 aromatic carbocycles. The smallest absolute Gasteiger partial charge is 0.323 e. The fourth-order valence-electron chi connectivity index (χ4n) is 1.45. The Labute approximate surface area is 89.9 Å². The van der Waals surface area contributed by atoms with Crippen LogP contribution < -0.4 is 0 Å². The first-order chi connectivity index (χ1) is 7.95. The van der Waals surface area contributed by atoms with Crippen LogP contribution in [0.2, 0.25) is 0 Å². The average Bonchev–Trinajstić information content (AvgIpc) is 3.02. The van der Waals surface area contributed by atoms with Crippen molar-refractivity contribution in [3.05, 3.63) is 38.0 Å². The van der Waals surface area contributed by atoms with Gasteiger partial charge in [-0.1, -0.05) is 0 Å². The molecule has 0 aliphatic heterocycles. The number of nitrogens with zero attached hydrogens (tertiary/aromatic N) is 9. The van der Waals surface area contributed by atoms with Gasteiger partial charge in [0.15, 0.2) is 0 Å². The third kappa shape index (κ3) is 1.36. The second kappa shape index (κ2) is 3.57. The molecule has 9 nitrogen and oxygen atoms in total. The Balaban J connectivity index is 2.09. The molecule has 0 saturated heterocycles. The summed E-state index contributed by atoms with van der Waals surface area (Å²) in [5.74, 6) is 0. The maximum Gasteiger partial charge on any atom is 0.523 e. The van der Waals surface area contributed by atoms with E-state index < -0.39 is 0 Å². The van der Waals surface area contributed by atoms with Gasteiger partial charge in [0.05, 0.1) is 0 Å². The monoisotopic (exact) mass is 215 g/mol. The van der Waals surface area contributed by atoms with Gasteiger partial charge in [-0.2, -0.15) is 0 Å². The summed E-state index contributed by atoms with van der Waals surface area (Å²) >= 11 is 0. The lowest BCUT2D eigenvalue weighted by molar-refractivity contribution is 0.942. The molecule has 0 radical (unpaired) electrons. The second-order valence-electron chi connectivity index (χ2n) is 3.07. The summed E-state index contributed by atoms with van der Waals surface area (Å²) in [6.07, 6.45) is 9.61. The highest BCUT2D eigenvalue weighted by Crippen LogP contribution is 1.96. The lowest BCUT2D eigenvalue weighted by Crippen LogP contribution is -2.39. The van der Waals surface area contributed by atoms with E-state index in [0.29, 0.717) is 0 Å². The SMILES string of the molecule is c1nncn1B(n1cnnc1)n1cnnc1. The Morgan fingerprint density at radius 2 is 0.750 bits per heavy atom. The van der Waals surface area contributed by atoms with E-state index in [1.54, 1.807) is 51.4 Å². The molecule has 0 N–H and O–H groups in total. The van der Waals surface area contributed by atoms with Gasteiger partial charge in [0.25, 0.3) is 0 Å². The molecule has 3 rings (SSSR count). The quantitative estimate of drug-likeness (QED) is 0.488. The summed E-state index contributed by atoms with van der Waals surface area (Å²) < 4.78 is 5.35. The largest absolute Gasteiger partial charge is 0.523 e. The van der Waals surface area contributed by atoms with E-state index in [4.69, 9.17) is 0 Å². The first-order valence-electron chi connectivity index (χ1n) is 4.47. The van der Waals surface area contributed by atoms with E-state index in [1.807, 2.05) is 0 Å². The Kier molecular flexibility index (Phi) is 1.95. The van der Waals surface area contributed by atoms with Gasteiger partial charge >= 0.3 is 7.12 Å². The topological polar surface area (TPSA) is 92.1 Å². The molecule has 0 aliphatic rings. The molecule has 0 saturated carbocycles. The molecule has 16 heavy (non-hydrogen) atoms. The highest BCUT2D eigenvalue weighted by molar-refractivity contribution is 6.53. The maximum absolute atomic E-state index is 3.77. The van der Waals surface area contributed by atoms with Gasteiger partial charge in [-0.3, -0.25) is 0 Å². The minimum Gasteiger partial charge on any atom is -0.323 e. The number of hydrogen-bond donors (Lipinski definition) is 0. The molecule has 10 heteroatoms. The van der Waals surface area contributed by atoms with E-state index in [2.05, 4.69) is 30.6 Å². The minimum absolute atomic E-state index is 0.236. The van der Waals surface area contributed by atoms with Gasteiger partial charge in [-0.05, 0) is 0 Å². The highest BCUT2D eigenvalue weighted by Gasteiger charge is 2.23. The molecule has 3 aromatic rings. The van der Waals surface area contributed by atoms with Crippen LogP contribution in [0.25, 0.3) is 0 Å². The molecule has 0 spiro atoms. The fraction of sp³-hybridized carbons (Fsp3) is 0. The molecular weight excluding hydrogens is 209 g/mol. The van der Waals surface area contributed by atoms with E-state index in [-0.39, 0.29) is 7.12 Å². The van der Waals surface area contributed by atoms with Crippen molar-refractivity contribution in [2.24, 2.45) is 0 Å². The van der Waals surface area contributed by atoms with E-state index in [1.165, 1.54) is 0 Å². The first-order valence-corrected chi connectivity index (χ1v) is 4.47. The molecule has 3 heterocycles. The Morgan fingerprint density at radius 1 is 0.500 bits per heavy atom. The van der Waals surface area contributed by atoms with Crippen LogP contribution in [0.1, 0.15) is 0 Å². The summed E-state index contributed by atoms with van der Waals surface area (Å²) in [5, 5.41) is 22.6. The summed E-state index contributed by atoms with van der Waals surface area (Å²) in [5.41, 5.74) is 0. The number of aromatic nitrogens is 9. The molecule has 0 unspecified atom stereocenters. The van der Waals surface area contributed by atoms with Crippen molar-refractivity contribution in [3.63, 3.8) is 0 Å². The molecule has 0 aliphatic carbocycles. The van der Waals surface area contributed by atoms with Crippen molar-refractivity contribution in [1.82, 2.24) is 44.0 Å². The Hall–Kier alpha value is -2.52. The highest BCUT2D eigenvalue weighted by atomic mass is 15.3. The molecular formula is C6H6BN9. The summed E-state index contributed by atoms with van der Waals surface area (Å²) in [6, 6.07) is 0. The predicted molar refractivity (Wildman–Crippen MR) is 52.0 cm³/mol. The van der Waals surface area contributed by atoms with E-state index >= 15 is 0 Å². The zero-order chi connectivity index (χ0) is 10.8. The zero-order valence-corrected chi connectivity index (χ0v) is 8.07. The van der Waals surface area contributed by atoms with Crippen LogP contribution in [-0.2, 0) is 0 Å². The van der Waals surface area contributed by atoms with Gasteiger partial charge in [0.2, 0.25) is 0 Å². The van der Waals surface area contributed by atoms with Crippen LogP contribution in [0.3, 0.4) is 0 Å². The van der Waals surface area contributed by atoms with Crippen LogP contribution in [-0.4, -0.2) is 51.1 Å². The predicted octanol–water partition coefficient (Wildman–Crippen LogP) is -1.61. The molecule has 3 aromatic heterocycles. The third-order valence-electron chi connectivity index (χ3n) is 2.11. The number of rotatable bonds is 3. The van der Waals surface area contributed by atoms with Crippen LogP contribution in [0.15, 0.2) is 38.0 Å². The van der Waals surface area contributed by atoms with Gasteiger partial charge in [-0.25, -0.2) is 0 Å². The van der Waals surface area contributed by atoms with Crippen molar-refractivity contribution in [2.75, 3.05) is 0 Å². The summed E-state index contributed by atoms with van der Waals surface area (Å²) in [4.78, 5) is 0. The van der Waals surface area contributed by atoms with E-state index in [9.17, 15) is 0 Å². The van der Waals surface area contributed by atoms with Crippen LogP contribution in [0, 0.1) is 0 Å². The molecule has 78 valence electrons. The standard InChI is InChI=1S/C6H6BN9/c1-8-9-2-14(1)7(15-3-10-11-4-15)16-5-12-13-6-16/h1-6H. The Bertz CT molecular complexity index is 445. The van der Waals surface area contributed by atoms with Crippen LogP contribution >= 0.6 is 0 Å². The lowest BCUT2D eigenvalue weighted by atomic mass is 9.93. The summed E-state index contributed by atoms with van der Waals surface area (Å²) in [6.45, 7) is 0. The maximum atomic E-state index is 3.77. The normalized spacial score (nSPS) is 10.5. The van der Waals surface area contributed by atoms with Gasteiger partial charge in [-0.15, -0.1) is 30.6 Å². The summed E-state index contributed by atoms with van der Waals surface area (Å²) in [7, 11) is -0.236. The molecule has 0 amide bonds. The second-order valence-corrected chi connectivity index (χ2v) is 3.07. The van der Waals surface area contributed by atoms with Crippen molar-refractivity contribution < 1.29 is 0 Å². The van der Waals surface area contributed by atoms with Gasteiger partial charge in [0.1, 0.15) is 38.0 Å². The first kappa shape index (κ1) is 8.77. The molecule has 0 bridgehead atoms. The van der Waals surface area contributed by atoms with Crippen molar-refractivity contribution in [3.8, 4) is 0 Å². The fourth-order valence-corrected chi connectivity index (χ4v) is 1.45. The van der Waals surface area contributed by atoms with Crippen molar-refractivity contribution in [1.29, 1.82) is 0 Å². The van der Waals surface area contributed by atoms with Gasteiger partial charge < -0.3 is 13.4 Å². The number of hydrogen-bond acceptors (Lipinski definition) is 6.